The molecule has 6 nitrogen and oxygen atoms in total. The third-order valence-corrected chi connectivity index (χ3v) is 4.29. The van der Waals surface area contributed by atoms with Gasteiger partial charge in [-0.25, -0.2) is 0 Å². The molecule has 1 unspecified atom stereocenters. The van der Waals surface area contributed by atoms with Crippen molar-refractivity contribution in [2.45, 2.75) is 19.1 Å². The van der Waals surface area contributed by atoms with Gasteiger partial charge in [0, 0.05) is 38.4 Å². The zero-order valence-electron chi connectivity index (χ0n) is 15.2. The predicted octanol–water partition coefficient (Wildman–Crippen LogP) is 2.49. The molecule has 0 fully saturated rings. The molecule has 1 aliphatic heterocycles. The number of nitrogens with zero attached hydrogens (tertiary/aromatic N) is 4. The van der Waals surface area contributed by atoms with Crippen LogP contribution < -0.4 is 0 Å². The zero-order chi connectivity index (χ0) is 18.4. The lowest BCUT2D eigenvalue weighted by molar-refractivity contribution is -0.125. The molecule has 0 saturated carbocycles. The molecule has 1 amide bonds. The predicted molar refractivity (Wildman–Crippen MR) is 101 cm³/mol. The zero-order valence-corrected chi connectivity index (χ0v) is 15.2. The van der Waals surface area contributed by atoms with Crippen LogP contribution in [0.5, 0.6) is 0 Å². The number of hydrogen-bond donors (Lipinski definition) is 0. The van der Waals surface area contributed by atoms with Gasteiger partial charge >= 0.3 is 0 Å². The van der Waals surface area contributed by atoms with Crippen molar-refractivity contribution < 1.29 is 9.63 Å². The maximum Gasteiger partial charge on any atom is 0.272 e. The molecule has 136 valence electrons. The smallest absolute Gasteiger partial charge is 0.272 e. The van der Waals surface area contributed by atoms with Crippen LogP contribution in [0.1, 0.15) is 23.7 Å². The van der Waals surface area contributed by atoms with Crippen LogP contribution in [0.25, 0.3) is 0 Å². The van der Waals surface area contributed by atoms with Crippen molar-refractivity contribution in [2.24, 2.45) is 5.16 Å². The molecule has 1 atom stereocenters. The Balaban J connectivity index is 1.68. The number of hydrogen-bond acceptors (Lipinski definition) is 5. The molecular formula is C20H24N4O2. The quantitative estimate of drug-likeness (QED) is 0.768. The van der Waals surface area contributed by atoms with E-state index in [9.17, 15) is 4.79 Å². The summed E-state index contributed by atoms with van der Waals surface area (Å²) in [6.07, 6.45) is 3.82. The number of benzene rings is 1. The molecule has 1 aromatic heterocycles. The van der Waals surface area contributed by atoms with Crippen molar-refractivity contribution in [3.63, 3.8) is 0 Å². The second-order valence-corrected chi connectivity index (χ2v) is 6.64. The van der Waals surface area contributed by atoms with Gasteiger partial charge in [-0.3, -0.25) is 9.78 Å². The number of carbonyl (C=O) groups excluding carboxylic acids is 1. The Morgan fingerprint density at radius 3 is 2.65 bits per heavy atom. The highest BCUT2D eigenvalue weighted by molar-refractivity contribution is 6.39. The average Bonchev–Trinajstić information content (AvgIpc) is 3.16. The van der Waals surface area contributed by atoms with Crippen molar-refractivity contribution in [1.82, 2.24) is 14.8 Å². The minimum atomic E-state index is -0.191. The van der Waals surface area contributed by atoms with E-state index in [0.717, 1.165) is 17.7 Å². The van der Waals surface area contributed by atoms with Crippen LogP contribution >= 0.6 is 0 Å². The van der Waals surface area contributed by atoms with Gasteiger partial charge < -0.3 is 14.6 Å². The summed E-state index contributed by atoms with van der Waals surface area (Å²) in [5.41, 5.74) is 2.51. The monoisotopic (exact) mass is 352 g/mol. The molecule has 0 spiro atoms. The fourth-order valence-electron chi connectivity index (χ4n) is 2.82. The lowest BCUT2D eigenvalue weighted by atomic mass is 10.0. The van der Waals surface area contributed by atoms with Gasteiger partial charge in [-0.1, -0.05) is 41.6 Å². The Hall–Kier alpha value is -2.73. The Morgan fingerprint density at radius 2 is 1.96 bits per heavy atom. The van der Waals surface area contributed by atoms with Crippen LogP contribution in [0.4, 0.5) is 0 Å². The van der Waals surface area contributed by atoms with Crippen LogP contribution in [0.3, 0.4) is 0 Å². The van der Waals surface area contributed by atoms with Crippen LogP contribution in [0, 0.1) is 0 Å². The molecule has 2 heterocycles. The van der Waals surface area contributed by atoms with Crippen molar-refractivity contribution in [3.05, 3.63) is 66.0 Å². The highest BCUT2D eigenvalue weighted by Gasteiger charge is 2.30. The van der Waals surface area contributed by atoms with Crippen LogP contribution in [-0.4, -0.2) is 53.6 Å². The molecule has 6 heteroatoms. The van der Waals surface area contributed by atoms with Crippen molar-refractivity contribution in [2.75, 3.05) is 27.2 Å². The Kier molecular flexibility index (Phi) is 5.96. The fraction of sp³-hybridized carbons (Fsp3) is 0.350. The molecule has 0 N–H and O–H groups in total. The van der Waals surface area contributed by atoms with E-state index in [1.54, 1.807) is 12.4 Å². The third kappa shape index (κ3) is 4.67. The molecule has 0 aliphatic carbocycles. The number of rotatable bonds is 7. The largest absolute Gasteiger partial charge is 0.387 e. The minimum absolute atomic E-state index is 0.0749. The summed E-state index contributed by atoms with van der Waals surface area (Å²) in [5.74, 6) is -0.0749. The van der Waals surface area contributed by atoms with Gasteiger partial charge in [0.25, 0.3) is 5.91 Å². The van der Waals surface area contributed by atoms with Gasteiger partial charge in [0.15, 0.2) is 6.10 Å². The first kappa shape index (κ1) is 18.1. The fourth-order valence-corrected chi connectivity index (χ4v) is 2.82. The van der Waals surface area contributed by atoms with Gasteiger partial charge in [0.05, 0.1) is 0 Å². The van der Waals surface area contributed by atoms with E-state index in [-0.39, 0.29) is 12.0 Å². The number of pyridine rings is 1. The van der Waals surface area contributed by atoms with E-state index in [1.807, 2.05) is 61.5 Å². The van der Waals surface area contributed by atoms with Gasteiger partial charge in [-0.05, 0) is 31.3 Å². The van der Waals surface area contributed by atoms with Crippen LogP contribution in [0.15, 0.2) is 60.0 Å². The van der Waals surface area contributed by atoms with E-state index >= 15 is 0 Å². The molecular weight excluding hydrogens is 328 g/mol. The van der Waals surface area contributed by atoms with Gasteiger partial charge in [-0.15, -0.1) is 0 Å². The van der Waals surface area contributed by atoms with E-state index in [2.05, 4.69) is 15.0 Å². The maximum absolute atomic E-state index is 13.0. The molecule has 1 aliphatic rings. The molecule has 0 saturated heterocycles. The Bertz CT molecular complexity index is 747. The summed E-state index contributed by atoms with van der Waals surface area (Å²) in [6.45, 7) is 1.91. The number of oxime groups is 1. The number of aromatic nitrogens is 1. The Labute approximate surface area is 154 Å². The molecule has 26 heavy (non-hydrogen) atoms. The SMILES string of the molecule is CN(C)CCN(Cc1cccnc1)C(=O)C1=NOC(c2ccccc2)C1. The summed E-state index contributed by atoms with van der Waals surface area (Å²) in [4.78, 5) is 26.5. The lowest BCUT2D eigenvalue weighted by Crippen LogP contribution is -2.39. The highest BCUT2D eigenvalue weighted by atomic mass is 16.6. The highest BCUT2D eigenvalue weighted by Crippen LogP contribution is 2.27. The van der Waals surface area contributed by atoms with Gasteiger partial charge in [0.1, 0.15) is 5.71 Å². The molecule has 0 radical (unpaired) electrons. The maximum atomic E-state index is 13.0. The molecule has 3 rings (SSSR count). The second-order valence-electron chi connectivity index (χ2n) is 6.64. The van der Waals surface area contributed by atoms with E-state index < -0.39 is 0 Å². The van der Waals surface area contributed by atoms with Crippen LogP contribution in [0.2, 0.25) is 0 Å². The van der Waals surface area contributed by atoms with Crippen molar-refractivity contribution >= 4 is 11.6 Å². The number of amides is 1. The third-order valence-electron chi connectivity index (χ3n) is 4.29. The first-order valence-corrected chi connectivity index (χ1v) is 8.74. The summed E-state index contributed by atoms with van der Waals surface area (Å²) in [6, 6.07) is 13.7. The van der Waals surface area contributed by atoms with Crippen LogP contribution in [-0.2, 0) is 16.2 Å². The second kappa shape index (κ2) is 8.58. The minimum Gasteiger partial charge on any atom is -0.387 e. The lowest BCUT2D eigenvalue weighted by Gasteiger charge is -2.24. The first-order chi connectivity index (χ1) is 12.6. The Morgan fingerprint density at radius 1 is 1.15 bits per heavy atom. The number of likely N-dealkylation sites (N-methyl/N-ethyl adjacent to an activating group) is 1. The van der Waals surface area contributed by atoms with Crippen molar-refractivity contribution in [1.29, 1.82) is 0 Å². The average molecular weight is 352 g/mol. The topological polar surface area (TPSA) is 58.0 Å². The van der Waals surface area contributed by atoms with E-state index in [1.165, 1.54) is 0 Å². The summed E-state index contributed by atoms with van der Waals surface area (Å²) in [5, 5.41) is 4.08. The number of carbonyl (C=O) groups is 1. The van der Waals surface area contributed by atoms with Gasteiger partial charge in [-0.2, -0.15) is 0 Å². The van der Waals surface area contributed by atoms with E-state index in [4.69, 9.17) is 4.84 Å². The van der Waals surface area contributed by atoms with E-state index in [0.29, 0.717) is 25.2 Å². The summed E-state index contributed by atoms with van der Waals surface area (Å²) in [7, 11) is 3.99. The normalized spacial score (nSPS) is 16.3. The summed E-state index contributed by atoms with van der Waals surface area (Å²) < 4.78 is 0. The molecule has 1 aromatic carbocycles. The standard InChI is InChI=1S/C20H24N4O2/c1-23(2)11-12-24(15-16-7-6-10-21-14-16)20(25)18-13-19(26-22-18)17-8-4-3-5-9-17/h3-10,14,19H,11-13,15H2,1-2H3. The summed E-state index contributed by atoms with van der Waals surface area (Å²) >= 11 is 0. The van der Waals surface area contributed by atoms with Gasteiger partial charge in [0.2, 0.25) is 0 Å². The molecule has 2 aromatic rings. The molecule has 0 bridgehead atoms. The van der Waals surface area contributed by atoms with Crippen molar-refractivity contribution in [3.8, 4) is 0 Å². The first-order valence-electron chi connectivity index (χ1n) is 8.74.